The average molecular weight is 251 g/mol. The molecule has 2 rings (SSSR count). The van der Waals surface area contributed by atoms with Gasteiger partial charge in [-0.05, 0) is 19.4 Å². The summed E-state index contributed by atoms with van der Waals surface area (Å²) in [6.07, 6.45) is 2.55. The van der Waals surface area contributed by atoms with Crippen LogP contribution in [-0.4, -0.2) is 36.8 Å². The lowest BCUT2D eigenvalue weighted by Crippen LogP contribution is -2.27. The molecule has 1 aliphatic rings. The Hall–Kier alpha value is -1.82. The van der Waals surface area contributed by atoms with Crippen LogP contribution in [0.15, 0.2) is 12.3 Å². The number of rotatable bonds is 3. The molecule has 0 radical (unpaired) electrons. The van der Waals surface area contributed by atoms with E-state index >= 15 is 0 Å². The molecule has 1 saturated heterocycles. The fourth-order valence-corrected chi connectivity index (χ4v) is 1.99. The minimum absolute atomic E-state index is 0.105. The number of nitrogen functional groups attached to an aromatic ring is 1. The summed E-state index contributed by atoms with van der Waals surface area (Å²) in [7, 11) is 1.34. The van der Waals surface area contributed by atoms with E-state index in [1.807, 2.05) is 6.92 Å². The fourth-order valence-electron chi connectivity index (χ4n) is 1.99. The number of carbonyl (C=O) groups is 1. The van der Waals surface area contributed by atoms with Crippen molar-refractivity contribution in [1.82, 2.24) is 4.98 Å². The van der Waals surface area contributed by atoms with Crippen LogP contribution in [-0.2, 0) is 9.47 Å². The normalized spacial score (nSPS) is 22.8. The first-order valence-electron chi connectivity index (χ1n) is 5.83. The highest BCUT2D eigenvalue weighted by atomic mass is 16.5. The molecule has 2 atom stereocenters. The number of esters is 1. The fraction of sp³-hybridized carbons (Fsp3) is 0.500. The second kappa shape index (κ2) is 5.22. The van der Waals surface area contributed by atoms with Crippen molar-refractivity contribution in [3.63, 3.8) is 0 Å². The van der Waals surface area contributed by atoms with E-state index in [4.69, 9.17) is 15.2 Å². The smallest absolute Gasteiger partial charge is 0.340 e. The maximum absolute atomic E-state index is 11.7. The van der Waals surface area contributed by atoms with Crippen molar-refractivity contribution in [3.05, 3.63) is 17.8 Å². The number of methoxy groups -OCH3 is 1. The van der Waals surface area contributed by atoms with Crippen LogP contribution in [0.5, 0.6) is 0 Å². The number of nitrogens with zero attached hydrogens (tertiary/aromatic N) is 1. The first kappa shape index (κ1) is 12.6. The van der Waals surface area contributed by atoms with Crippen LogP contribution >= 0.6 is 0 Å². The number of nitrogens with one attached hydrogen (secondary N) is 1. The Morgan fingerprint density at radius 2 is 2.44 bits per heavy atom. The van der Waals surface area contributed by atoms with Crippen molar-refractivity contribution in [2.24, 2.45) is 0 Å². The maximum atomic E-state index is 11.7. The molecule has 1 aromatic heterocycles. The van der Waals surface area contributed by atoms with Gasteiger partial charge in [0.1, 0.15) is 5.82 Å². The Labute approximate surface area is 105 Å². The standard InChI is InChI=1S/C12H17N3O3/c1-7-9(3-4-18-7)15-10-6-14-11(13)5-8(10)12(16)17-2/h5-7,9,15H,3-4H2,1-2H3,(H2,13,14). The molecule has 6 nitrogen and oxygen atoms in total. The Kier molecular flexibility index (Phi) is 3.66. The van der Waals surface area contributed by atoms with Gasteiger partial charge in [-0.25, -0.2) is 9.78 Å². The van der Waals surface area contributed by atoms with Crippen molar-refractivity contribution in [2.45, 2.75) is 25.5 Å². The van der Waals surface area contributed by atoms with Crippen molar-refractivity contribution < 1.29 is 14.3 Å². The number of aromatic nitrogens is 1. The number of hydrogen-bond donors (Lipinski definition) is 2. The van der Waals surface area contributed by atoms with Crippen molar-refractivity contribution in [2.75, 3.05) is 24.8 Å². The molecule has 3 N–H and O–H groups in total. The topological polar surface area (TPSA) is 86.5 Å². The van der Waals surface area contributed by atoms with Gasteiger partial charge in [0, 0.05) is 6.61 Å². The third kappa shape index (κ3) is 2.53. The molecule has 0 aliphatic carbocycles. The molecular formula is C12H17N3O3. The van der Waals surface area contributed by atoms with Crippen LogP contribution in [0.2, 0.25) is 0 Å². The van der Waals surface area contributed by atoms with Gasteiger partial charge in [0.05, 0.1) is 36.7 Å². The van der Waals surface area contributed by atoms with E-state index < -0.39 is 5.97 Å². The zero-order valence-electron chi connectivity index (χ0n) is 10.5. The molecule has 0 saturated carbocycles. The van der Waals surface area contributed by atoms with Gasteiger partial charge in [-0.1, -0.05) is 0 Å². The molecule has 0 amide bonds. The first-order chi connectivity index (χ1) is 8.61. The third-order valence-corrected chi connectivity index (χ3v) is 3.05. The molecule has 2 unspecified atom stereocenters. The summed E-state index contributed by atoms with van der Waals surface area (Å²) < 4.78 is 10.2. The van der Waals surface area contributed by atoms with Gasteiger partial charge in [-0.3, -0.25) is 0 Å². The van der Waals surface area contributed by atoms with Crippen LogP contribution in [0.25, 0.3) is 0 Å². The highest BCUT2D eigenvalue weighted by Crippen LogP contribution is 2.23. The number of hydrogen-bond acceptors (Lipinski definition) is 6. The van der Waals surface area contributed by atoms with E-state index in [1.54, 1.807) is 6.20 Å². The van der Waals surface area contributed by atoms with Gasteiger partial charge < -0.3 is 20.5 Å². The number of anilines is 2. The predicted molar refractivity (Wildman–Crippen MR) is 67.4 cm³/mol. The summed E-state index contributed by atoms with van der Waals surface area (Å²) in [6.45, 7) is 2.71. The maximum Gasteiger partial charge on any atom is 0.340 e. The average Bonchev–Trinajstić information content (AvgIpc) is 2.76. The van der Waals surface area contributed by atoms with E-state index in [1.165, 1.54) is 13.2 Å². The molecule has 6 heteroatoms. The second-order valence-corrected chi connectivity index (χ2v) is 4.26. The van der Waals surface area contributed by atoms with Crippen LogP contribution < -0.4 is 11.1 Å². The zero-order chi connectivity index (χ0) is 13.1. The summed E-state index contributed by atoms with van der Waals surface area (Å²) in [5, 5.41) is 3.26. The molecule has 1 aromatic rings. The summed E-state index contributed by atoms with van der Waals surface area (Å²) in [4.78, 5) is 15.7. The van der Waals surface area contributed by atoms with Crippen LogP contribution in [0.1, 0.15) is 23.7 Å². The van der Waals surface area contributed by atoms with E-state index in [0.29, 0.717) is 11.3 Å². The Balaban J connectivity index is 2.23. The second-order valence-electron chi connectivity index (χ2n) is 4.26. The molecular weight excluding hydrogens is 234 g/mol. The van der Waals surface area contributed by atoms with Crippen LogP contribution in [0.3, 0.4) is 0 Å². The molecule has 0 aromatic carbocycles. The number of carbonyl (C=O) groups excluding carboxylic acids is 1. The quantitative estimate of drug-likeness (QED) is 0.780. The molecule has 1 aliphatic heterocycles. The molecule has 0 spiro atoms. The zero-order valence-corrected chi connectivity index (χ0v) is 10.5. The number of nitrogens with two attached hydrogens (primary N) is 1. The lowest BCUT2D eigenvalue weighted by molar-refractivity contribution is 0.0601. The molecule has 2 heterocycles. The van der Waals surface area contributed by atoms with E-state index in [2.05, 4.69) is 10.3 Å². The molecule has 18 heavy (non-hydrogen) atoms. The van der Waals surface area contributed by atoms with E-state index in [0.717, 1.165) is 13.0 Å². The molecule has 1 fully saturated rings. The third-order valence-electron chi connectivity index (χ3n) is 3.05. The summed E-state index contributed by atoms with van der Waals surface area (Å²) in [5.74, 6) is -0.144. The van der Waals surface area contributed by atoms with Gasteiger partial charge >= 0.3 is 5.97 Å². The van der Waals surface area contributed by atoms with Crippen LogP contribution in [0, 0.1) is 0 Å². The number of ether oxygens (including phenoxy) is 2. The van der Waals surface area contributed by atoms with E-state index in [9.17, 15) is 4.79 Å². The van der Waals surface area contributed by atoms with Gasteiger partial charge in [-0.2, -0.15) is 0 Å². The lowest BCUT2D eigenvalue weighted by atomic mass is 10.1. The highest BCUT2D eigenvalue weighted by Gasteiger charge is 2.25. The predicted octanol–water partition coefficient (Wildman–Crippen LogP) is 1.04. The Morgan fingerprint density at radius 1 is 1.67 bits per heavy atom. The summed E-state index contributed by atoms with van der Waals surface area (Å²) in [6, 6.07) is 1.67. The van der Waals surface area contributed by atoms with Gasteiger partial charge in [0.25, 0.3) is 0 Å². The largest absolute Gasteiger partial charge is 0.465 e. The first-order valence-corrected chi connectivity index (χ1v) is 5.83. The lowest BCUT2D eigenvalue weighted by Gasteiger charge is -2.19. The minimum atomic E-state index is -0.432. The van der Waals surface area contributed by atoms with Gasteiger partial charge in [0.2, 0.25) is 0 Å². The van der Waals surface area contributed by atoms with Gasteiger partial charge in [0.15, 0.2) is 0 Å². The SMILES string of the molecule is COC(=O)c1cc(N)ncc1NC1CCOC1C. The van der Waals surface area contributed by atoms with Crippen molar-refractivity contribution in [3.8, 4) is 0 Å². The van der Waals surface area contributed by atoms with Crippen LogP contribution in [0.4, 0.5) is 11.5 Å². The molecule has 0 bridgehead atoms. The summed E-state index contributed by atoms with van der Waals surface area (Å²) in [5.41, 5.74) is 6.60. The van der Waals surface area contributed by atoms with Crippen molar-refractivity contribution in [1.29, 1.82) is 0 Å². The molecule has 98 valence electrons. The Morgan fingerprint density at radius 3 is 3.06 bits per heavy atom. The Bertz CT molecular complexity index is 450. The van der Waals surface area contributed by atoms with Crippen molar-refractivity contribution >= 4 is 17.5 Å². The minimum Gasteiger partial charge on any atom is -0.465 e. The number of pyridine rings is 1. The summed E-state index contributed by atoms with van der Waals surface area (Å²) >= 11 is 0. The highest BCUT2D eigenvalue weighted by molar-refractivity contribution is 5.96. The van der Waals surface area contributed by atoms with Gasteiger partial charge in [-0.15, -0.1) is 0 Å². The monoisotopic (exact) mass is 251 g/mol. The van der Waals surface area contributed by atoms with E-state index in [-0.39, 0.29) is 18.0 Å².